The first-order valence-electron chi connectivity index (χ1n) is 10.3. The van der Waals surface area contributed by atoms with E-state index in [9.17, 15) is 24.3 Å². The van der Waals surface area contributed by atoms with Crippen LogP contribution in [-0.2, 0) is 30.2 Å². The zero-order valence-corrected chi connectivity index (χ0v) is 19.0. The molecule has 1 heterocycles. The van der Waals surface area contributed by atoms with Gasteiger partial charge >= 0.3 is 24.1 Å². The number of esters is 1. The van der Waals surface area contributed by atoms with E-state index in [1.165, 1.54) is 7.11 Å². The van der Waals surface area contributed by atoms with Crippen molar-refractivity contribution in [1.29, 1.82) is 0 Å². The second kappa shape index (κ2) is 11.3. The molecule has 1 aromatic carbocycles. The van der Waals surface area contributed by atoms with Crippen LogP contribution in [0.3, 0.4) is 0 Å². The number of anilines is 1. The van der Waals surface area contributed by atoms with Gasteiger partial charge in [-0.1, -0.05) is 12.1 Å². The number of carbonyl (C=O) groups excluding carboxylic acids is 3. The van der Waals surface area contributed by atoms with Crippen molar-refractivity contribution < 1.29 is 38.5 Å². The summed E-state index contributed by atoms with van der Waals surface area (Å²) in [6, 6.07) is 5.05. The quantitative estimate of drug-likeness (QED) is 0.449. The van der Waals surface area contributed by atoms with Crippen LogP contribution in [0.25, 0.3) is 0 Å². The summed E-state index contributed by atoms with van der Waals surface area (Å²) >= 11 is 0. The van der Waals surface area contributed by atoms with Gasteiger partial charge in [-0.15, -0.1) is 0 Å². The van der Waals surface area contributed by atoms with Gasteiger partial charge in [0.15, 0.2) is 0 Å². The van der Waals surface area contributed by atoms with Crippen molar-refractivity contribution in [3.63, 3.8) is 0 Å². The first-order chi connectivity index (χ1) is 15.5. The van der Waals surface area contributed by atoms with E-state index in [1.54, 1.807) is 45.0 Å². The number of hydrogen-bond acceptors (Lipinski definition) is 7. The zero-order chi connectivity index (χ0) is 24.6. The SMILES string of the molecule is COC(=O)[C@H](Cc1ccc(NC(=O)NC2=C(C(=O)O)COCC2)cc1)NC(=O)OC(C)(C)C. The van der Waals surface area contributed by atoms with Crippen molar-refractivity contribution >= 4 is 29.8 Å². The third-order valence-electron chi connectivity index (χ3n) is 4.46. The van der Waals surface area contributed by atoms with E-state index in [-0.39, 0.29) is 25.0 Å². The lowest BCUT2D eigenvalue weighted by Crippen LogP contribution is -2.45. The highest BCUT2D eigenvalue weighted by molar-refractivity contribution is 5.93. The van der Waals surface area contributed by atoms with Gasteiger partial charge in [0.2, 0.25) is 0 Å². The summed E-state index contributed by atoms with van der Waals surface area (Å²) in [5, 5.41) is 16.9. The predicted molar refractivity (Wildman–Crippen MR) is 118 cm³/mol. The average Bonchev–Trinajstić information content (AvgIpc) is 2.72. The highest BCUT2D eigenvalue weighted by Gasteiger charge is 2.25. The van der Waals surface area contributed by atoms with Crippen molar-refractivity contribution in [3.8, 4) is 0 Å². The maximum absolute atomic E-state index is 12.3. The molecule has 1 atom stereocenters. The molecule has 1 aliphatic heterocycles. The number of nitrogens with one attached hydrogen (secondary N) is 3. The third kappa shape index (κ3) is 8.45. The number of methoxy groups -OCH3 is 1. The molecule has 3 amide bonds. The molecule has 0 fully saturated rings. The molecule has 0 unspecified atom stereocenters. The normalized spacial score (nSPS) is 14.7. The van der Waals surface area contributed by atoms with E-state index in [2.05, 4.69) is 16.0 Å². The van der Waals surface area contributed by atoms with Gasteiger partial charge in [-0.05, 0) is 38.5 Å². The molecule has 0 aromatic heterocycles. The van der Waals surface area contributed by atoms with Crippen LogP contribution in [-0.4, -0.2) is 61.1 Å². The summed E-state index contributed by atoms with van der Waals surface area (Å²) in [6.07, 6.45) is -0.308. The van der Waals surface area contributed by atoms with E-state index in [1.807, 2.05) is 0 Å². The number of carboxylic acids is 1. The van der Waals surface area contributed by atoms with Gasteiger partial charge in [-0.2, -0.15) is 0 Å². The molecule has 0 bridgehead atoms. The Hall–Kier alpha value is -3.60. The molecule has 1 aromatic rings. The van der Waals surface area contributed by atoms with Crippen LogP contribution < -0.4 is 16.0 Å². The number of carboxylic acid groups (broad SMARTS) is 1. The van der Waals surface area contributed by atoms with Crippen LogP contribution >= 0.6 is 0 Å². The molecule has 0 aliphatic carbocycles. The average molecular weight is 463 g/mol. The zero-order valence-electron chi connectivity index (χ0n) is 19.0. The Morgan fingerprint density at radius 3 is 2.36 bits per heavy atom. The Morgan fingerprint density at radius 1 is 1.12 bits per heavy atom. The Bertz CT molecular complexity index is 919. The second-order valence-electron chi connectivity index (χ2n) is 8.27. The molecular formula is C22H29N3O8. The standard InChI is InChI=1S/C22H29N3O8/c1-22(2,3)33-21(30)25-17(19(28)31-4)11-13-5-7-14(8-6-13)23-20(29)24-16-9-10-32-12-15(16)18(26)27/h5-8,17H,9-12H2,1-4H3,(H,25,30)(H,26,27)(H2,23,24,29)/t17-/m0/s1. The van der Waals surface area contributed by atoms with Gasteiger partial charge in [0.05, 0.1) is 25.9 Å². The molecule has 11 heteroatoms. The Morgan fingerprint density at radius 2 is 1.79 bits per heavy atom. The highest BCUT2D eigenvalue weighted by Crippen LogP contribution is 2.16. The van der Waals surface area contributed by atoms with E-state index in [4.69, 9.17) is 14.2 Å². The molecule has 180 valence electrons. The molecule has 0 saturated carbocycles. The van der Waals surface area contributed by atoms with Gasteiger partial charge in [0.1, 0.15) is 11.6 Å². The second-order valence-corrected chi connectivity index (χ2v) is 8.27. The molecule has 2 rings (SSSR count). The van der Waals surface area contributed by atoms with Crippen LogP contribution in [0, 0.1) is 0 Å². The lowest BCUT2D eigenvalue weighted by atomic mass is 10.1. The van der Waals surface area contributed by atoms with Gasteiger partial charge in [-0.3, -0.25) is 0 Å². The molecular weight excluding hydrogens is 434 g/mol. The number of rotatable bonds is 7. The first kappa shape index (κ1) is 25.7. The van der Waals surface area contributed by atoms with Crippen LogP contribution in [0.1, 0.15) is 32.8 Å². The molecule has 1 aliphatic rings. The number of alkyl carbamates (subject to hydrolysis) is 1. The largest absolute Gasteiger partial charge is 0.478 e. The van der Waals surface area contributed by atoms with Crippen molar-refractivity contribution in [3.05, 3.63) is 41.1 Å². The molecule has 0 saturated heterocycles. The highest BCUT2D eigenvalue weighted by atomic mass is 16.6. The number of carbonyl (C=O) groups is 4. The molecule has 33 heavy (non-hydrogen) atoms. The monoisotopic (exact) mass is 463 g/mol. The summed E-state index contributed by atoms with van der Waals surface area (Å²) in [5.74, 6) is -1.77. The fourth-order valence-corrected chi connectivity index (χ4v) is 2.96. The smallest absolute Gasteiger partial charge is 0.408 e. The minimum Gasteiger partial charge on any atom is -0.478 e. The van der Waals surface area contributed by atoms with Crippen LogP contribution in [0.5, 0.6) is 0 Å². The maximum atomic E-state index is 12.3. The summed E-state index contributed by atoms with van der Waals surface area (Å²) in [7, 11) is 1.22. The molecule has 0 radical (unpaired) electrons. The van der Waals surface area contributed by atoms with Crippen LogP contribution in [0.2, 0.25) is 0 Å². The van der Waals surface area contributed by atoms with Crippen molar-refractivity contribution in [2.24, 2.45) is 0 Å². The predicted octanol–water partition coefficient (Wildman–Crippen LogP) is 2.18. The fraction of sp³-hybridized carbons (Fsp3) is 0.455. The molecule has 11 nitrogen and oxygen atoms in total. The topological polar surface area (TPSA) is 152 Å². The number of urea groups is 1. The van der Waals surface area contributed by atoms with E-state index in [0.29, 0.717) is 23.6 Å². The summed E-state index contributed by atoms with van der Waals surface area (Å²) in [5.41, 5.74) is 0.753. The number of amides is 3. The minimum atomic E-state index is -1.14. The third-order valence-corrected chi connectivity index (χ3v) is 4.46. The van der Waals surface area contributed by atoms with Gasteiger partial charge in [0.25, 0.3) is 0 Å². The number of aliphatic carboxylic acids is 1. The van der Waals surface area contributed by atoms with Gasteiger partial charge in [0, 0.05) is 24.2 Å². The summed E-state index contributed by atoms with van der Waals surface area (Å²) in [6.45, 7) is 5.38. The van der Waals surface area contributed by atoms with Gasteiger partial charge < -0.3 is 35.3 Å². The van der Waals surface area contributed by atoms with E-state index in [0.717, 1.165) is 0 Å². The lowest BCUT2D eigenvalue weighted by molar-refractivity contribution is -0.143. The number of benzene rings is 1. The van der Waals surface area contributed by atoms with Crippen LogP contribution in [0.4, 0.5) is 15.3 Å². The van der Waals surface area contributed by atoms with Crippen molar-refractivity contribution in [2.75, 3.05) is 25.6 Å². The Kier molecular flexibility index (Phi) is 8.80. The van der Waals surface area contributed by atoms with Gasteiger partial charge in [-0.25, -0.2) is 19.2 Å². The Balaban J connectivity index is 1.99. The number of hydrogen-bond donors (Lipinski definition) is 4. The van der Waals surface area contributed by atoms with E-state index >= 15 is 0 Å². The lowest BCUT2D eigenvalue weighted by Gasteiger charge is -2.22. The maximum Gasteiger partial charge on any atom is 0.408 e. The summed E-state index contributed by atoms with van der Waals surface area (Å²) in [4.78, 5) is 47.6. The van der Waals surface area contributed by atoms with Crippen molar-refractivity contribution in [1.82, 2.24) is 10.6 Å². The summed E-state index contributed by atoms with van der Waals surface area (Å²) < 4.78 is 15.1. The van der Waals surface area contributed by atoms with E-state index < -0.39 is 35.7 Å². The first-order valence-corrected chi connectivity index (χ1v) is 10.3. The number of ether oxygens (including phenoxy) is 3. The molecule has 4 N–H and O–H groups in total. The van der Waals surface area contributed by atoms with Crippen LogP contribution in [0.15, 0.2) is 35.5 Å². The molecule has 0 spiro atoms. The van der Waals surface area contributed by atoms with Crippen molar-refractivity contribution in [2.45, 2.75) is 45.3 Å². The fourth-order valence-electron chi connectivity index (χ4n) is 2.96. The Labute approximate surface area is 191 Å². The minimum absolute atomic E-state index is 0.0121.